The monoisotopic (exact) mass is 527 g/mol. The number of likely N-dealkylation sites (tertiary alicyclic amines) is 1. The number of nitrogens with one attached hydrogen (secondary N) is 1. The molecule has 38 heavy (non-hydrogen) atoms. The van der Waals surface area contributed by atoms with E-state index in [2.05, 4.69) is 52.5 Å². The summed E-state index contributed by atoms with van der Waals surface area (Å²) in [5.74, 6) is 0.747. The third kappa shape index (κ3) is 4.85. The first kappa shape index (κ1) is 24.8. The Bertz CT molecular complexity index is 1520. The summed E-state index contributed by atoms with van der Waals surface area (Å²) in [6, 6.07) is 17.2. The molecule has 0 saturated carbocycles. The predicted molar refractivity (Wildman–Crippen MR) is 151 cm³/mol. The average molecular weight is 528 g/mol. The molecule has 2 fully saturated rings. The minimum atomic E-state index is 0.0763. The Morgan fingerprint density at radius 2 is 2.05 bits per heavy atom. The van der Waals surface area contributed by atoms with E-state index < -0.39 is 0 Å². The normalized spacial score (nSPS) is 20.2. The maximum Gasteiger partial charge on any atom is 0.319 e. The summed E-state index contributed by atoms with van der Waals surface area (Å²) in [7, 11) is 2.13. The Morgan fingerprint density at radius 1 is 1.18 bits per heavy atom. The van der Waals surface area contributed by atoms with E-state index in [1.54, 1.807) is 0 Å². The van der Waals surface area contributed by atoms with Crippen molar-refractivity contribution < 1.29 is 4.74 Å². The number of nitrogens with zero attached hydrogens (tertiary/aromatic N) is 6. The molecule has 1 N–H and O–H groups in total. The Morgan fingerprint density at radius 3 is 2.87 bits per heavy atom. The lowest BCUT2D eigenvalue weighted by atomic mass is 9.99. The predicted octanol–water partition coefficient (Wildman–Crippen LogP) is 4.66. The van der Waals surface area contributed by atoms with E-state index in [9.17, 15) is 5.26 Å². The van der Waals surface area contributed by atoms with Crippen LogP contribution in [0.2, 0.25) is 5.02 Å². The van der Waals surface area contributed by atoms with Gasteiger partial charge >= 0.3 is 6.01 Å². The molecule has 0 bridgehead atoms. The molecule has 0 radical (unpaired) electrons. The van der Waals surface area contributed by atoms with Crippen LogP contribution in [0.4, 0.5) is 5.82 Å². The van der Waals surface area contributed by atoms with Crippen LogP contribution < -0.4 is 15.0 Å². The zero-order valence-electron chi connectivity index (χ0n) is 21.4. The molecule has 4 aromatic rings. The first-order chi connectivity index (χ1) is 18.6. The zero-order chi connectivity index (χ0) is 26.1. The number of anilines is 1. The Balaban J connectivity index is 1.43. The van der Waals surface area contributed by atoms with Crippen LogP contribution in [0.1, 0.15) is 19.3 Å². The molecule has 6 rings (SSSR count). The minimum Gasteiger partial charge on any atom is -0.462 e. The highest BCUT2D eigenvalue weighted by atomic mass is 35.5. The molecule has 2 unspecified atom stereocenters. The van der Waals surface area contributed by atoms with E-state index in [4.69, 9.17) is 31.3 Å². The first-order valence-electron chi connectivity index (χ1n) is 13.1. The third-order valence-electron chi connectivity index (χ3n) is 7.63. The smallest absolute Gasteiger partial charge is 0.319 e. The van der Waals surface area contributed by atoms with Crippen molar-refractivity contribution in [1.82, 2.24) is 25.2 Å². The van der Waals surface area contributed by atoms with Crippen molar-refractivity contribution in [2.24, 2.45) is 0 Å². The molecule has 2 aliphatic heterocycles. The van der Waals surface area contributed by atoms with Gasteiger partial charge in [0.25, 0.3) is 0 Å². The molecule has 9 heteroatoms. The van der Waals surface area contributed by atoms with Crippen LogP contribution in [-0.4, -0.2) is 71.8 Å². The number of ether oxygens (including phenoxy) is 1. The van der Waals surface area contributed by atoms with Crippen LogP contribution in [-0.2, 0) is 0 Å². The number of pyridine rings is 1. The molecule has 194 valence electrons. The number of hydrogen-bond donors (Lipinski definition) is 1. The molecule has 2 atom stereocenters. The fraction of sp³-hybridized carbons (Fsp3) is 0.379. The van der Waals surface area contributed by atoms with Crippen molar-refractivity contribution in [1.29, 1.82) is 5.26 Å². The number of rotatable bonds is 6. The van der Waals surface area contributed by atoms with Gasteiger partial charge in [0.05, 0.1) is 18.0 Å². The number of likely N-dealkylation sites (N-methyl/N-ethyl adjacent to an activating group) is 1. The largest absolute Gasteiger partial charge is 0.462 e. The van der Waals surface area contributed by atoms with Gasteiger partial charge in [-0.3, -0.25) is 4.98 Å². The van der Waals surface area contributed by atoms with E-state index in [0.717, 1.165) is 64.8 Å². The van der Waals surface area contributed by atoms with Crippen molar-refractivity contribution in [3.05, 3.63) is 53.7 Å². The number of halogens is 1. The van der Waals surface area contributed by atoms with Crippen molar-refractivity contribution >= 4 is 39.2 Å². The highest BCUT2D eigenvalue weighted by Gasteiger charge is 2.25. The SMILES string of the molecule is CN1CCCC1COc1nc(N2CCNC(CC#N)C2)c2ncc(-c3cccc4cccc(Cl)c34)cc2n1. The van der Waals surface area contributed by atoms with Crippen LogP contribution in [0.15, 0.2) is 48.7 Å². The van der Waals surface area contributed by atoms with Crippen molar-refractivity contribution in [3.8, 4) is 23.2 Å². The molecule has 4 heterocycles. The lowest BCUT2D eigenvalue weighted by molar-refractivity contribution is 0.188. The zero-order valence-corrected chi connectivity index (χ0v) is 22.2. The average Bonchev–Trinajstić information content (AvgIpc) is 3.35. The summed E-state index contributed by atoms with van der Waals surface area (Å²) in [6.07, 6.45) is 4.60. The highest BCUT2D eigenvalue weighted by Crippen LogP contribution is 2.35. The van der Waals surface area contributed by atoms with Gasteiger partial charge in [-0.1, -0.05) is 41.9 Å². The third-order valence-corrected chi connectivity index (χ3v) is 7.95. The number of nitriles is 1. The number of aromatic nitrogens is 3. The Labute approximate surface area is 227 Å². The molecular formula is C29H30ClN7O. The second-order valence-electron chi connectivity index (χ2n) is 10.1. The lowest BCUT2D eigenvalue weighted by Gasteiger charge is -2.33. The van der Waals surface area contributed by atoms with Gasteiger partial charge in [0.15, 0.2) is 5.82 Å². The maximum atomic E-state index is 9.24. The van der Waals surface area contributed by atoms with Gasteiger partial charge in [-0.25, -0.2) is 0 Å². The van der Waals surface area contributed by atoms with Crippen LogP contribution in [0.3, 0.4) is 0 Å². The molecule has 0 spiro atoms. The highest BCUT2D eigenvalue weighted by molar-refractivity contribution is 6.36. The quantitative estimate of drug-likeness (QED) is 0.387. The molecule has 2 saturated heterocycles. The van der Waals surface area contributed by atoms with E-state index in [1.807, 2.05) is 24.4 Å². The summed E-state index contributed by atoms with van der Waals surface area (Å²) in [5.41, 5.74) is 3.39. The summed E-state index contributed by atoms with van der Waals surface area (Å²) in [5, 5.41) is 15.4. The van der Waals surface area contributed by atoms with Crippen molar-refractivity contribution in [3.63, 3.8) is 0 Å². The molecule has 8 nitrogen and oxygen atoms in total. The van der Waals surface area contributed by atoms with Gasteiger partial charge in [0.1, 0.15) is 12.1 Å². The topological polar surface area (TPSA) is 90.2 Å². The molecular weight excluding hydrogens is 498 g/mol. The van der Waals surface area contributed by atoms with Gasteiger partial charge in [-0.15, -0.1) is 0 Å². The molecule has 0 aliphatic carbocycles. The lowest BCUT2D eigenvalue weighted by Crippen LogP contribution is -2.51. The second-order valence-corrected chi connectivity index (χ2v) is 10.5. The molecule has 2 aromatic carbocycles. The number of benzene rings is 2. The van der Waals surface area contributed by atoms with E-state index in [-0.39, 0.29) is 6.04 Å². The second kappa shape index (κ2) is 10.7. The van der Waals surface area contributed by atoms with Crippen LogP contribution in [0.5, 0.6) is 6.01 Å². The molecule has 0 amide bonds. The summed E-state index contributed by atoms with van der Waals surface area (Å²) in [6.45, 7) is 3.84. The van der Waals surface area contributed by atoms with Gasteiger partial charge in [-0.2, -0.15) is 15.2 Å². The van der Waals surface area contributed by atoms with Crippen LogP contribution in [0, 0.1) is 11.3 Å². The first-order valence-corrected chi connectivity index (χ1v) is 13.5. The Hall–Kier alpha value is -3.51. The Kier molecular flexibility index (Phi) is 6.98. The molecule has 2 aromatic heterocycles. The van der Waals surface area contributed by atoms with Crippen LogP contribution >= 0.6 is 11.6 Å². The summed E-state index contributed by atoms with van der Waals surface area (Å²) in [4.78, 5) is 19.1. The van der Waals surface area contributed by atoms with E-state index in [1.165, 1.54) is 6.42 Å². The summed E-state index contributed by atoms with van der Waals surface area (Å²) < 4.78 is 6.20. The number of hydrogen-bond acceptors (Lipinski definition) is 8. The maximum absolute atomic E-state index is 9.24. The fourth-order valence-corrected chi connectivity index (χ4v) is 5.86. The number of fused-ring (bicyclic) bond motifs is 2. The minimum absolute atomic E-state index is 0.0763. The fourth-order valence-electron chi connectivity index (χ4n) is 5.58. The van der Waals surface area contributed by atoms with E-state index in [0.29, 0.717) is 36.6 Å². The summed E-state index contributed by atoms with van der Waals surface area (Å²) >= 11 is 6.63. The van der Waals surface area contributed by atoms with Gasteiger partial charge < -0.3 is 19.9 Å². The van der Waals surface area contributed by atoms with Crippen LogP contribution in [0.25, 0.3) is 32.9 Å². The van der Waals surface area contributed by atoms with Crippen molar-refractivity contribution in [2.75, 3.05) is 44.7 Å². The van der Waals surface area contributed by atoms with E-state index >= 15 is 0 Å². The standard InChI is InChI=1S/C29H30ClN7O/c1-36-13-4-7-22(36)18-38-29-34-25-15-20(23-8-2-5-19-6-3-9-24(30)26(19)23)16-33-27(25)28(35-29)37-14-12-32-21(17-37)10-11-31/h2-3,5-6,8-9,15-16,21-22,32H,4,7,10,12-14,17-18H2,1H3. The number of piperazine rings is 1. The van der Waals surface area contributed by atoms with Gasteiger partial charge in [0.2, 0.25) is 0 Å². The van der Waals surface area contributed by atoms with Crippen molar-refractivity contribution in [2.45, 2.75) is 31.3 Å². The van der Waals surface area contributed by atoms with Gasteiger partial charge in [-0.05, 0) is 49.5 Å². The van der Waals surface area contributed by atoms with Gasteiger partial charge in [0, 0.05) is 53.9 Å². The molecule has 2 aliphatic rings.